The van der Waals surface area contributed by atoms with E-state index in [1.807, 2.05) is 0 Å². The van der Waals surface area contributed by atoms with E-state index in [-0.39, 0.29) is 4.90 Å². The third-order valence-corrected chi connectivity index (χ3v) is 5.78. The van der Waals surface area contributed by atoms with E-state index in [2.05, 4.69) is 20.7 Å². The second kappa shape index (κ2) is 5.69. The van der Waals surface area contributed by atoms with Crippen LogP contribution >= 0.6 is 38.9 Å². The molecule has 114 valence electrons. The normalized spacial score (nSPS) is 11.7. The van der Waals surface area contributed by atoms with Gasteiger partial charge < -0.3 is 4.42 Å². The molecule has 9 heteroatoms. The maximum Gasteiger partial charge on any atom is 0.396 e. The van der Waals surface area contributed by atoms with Gasteiger partial charge in [0.15, 0.2) is 5.58 Å². The van der Waals surface area contributed by atoms with E-state index < -0.39 is 15.0 Å². The molecule has 0 aliphatic heterocycles. The van der Waals surface area contributed by atoms with Crippen molar-refractivity contribution in [3.63, 3.8) is 0 Å². The van der Waals surface area contributed by atoms with Gasteiger partial charge in [-0.1, -0.05) is 22.9 Å². The molecule has 0 bridgehead atoms. The minimum Gasteiger partial charge on any atom is -0.413 e. The molecule has 3 aromatic rings. The second-order valence-electron chi connectivity index (χ2n) is 4.30. The topological polar surface area (TPSA) is 76.4 Å². The van der Waals surface area contributed by atoms with Crippen LogP contribution in [0.2, 0.25) is 5.02 Å². The Kier molecular flexibility index (Phi) is 4.02. The molecule has 0 unspecified atom stereocenters. The second-order valence-corrected chi connectivity index (χ2v) is 8.25. The Labute approximate surface area is 142 Å². The quantitative estimate of drug-likeness (QED) is 0.693. The molecule has 0 saturated carbocycles. The summed E-state index contributed by atoms with van der Waals surface area (Å²) in [5.41, 5.74) is 0.718. The highest BCUT2D eigenvalue weighted by molar-refractivity contribution is 9.10. The lowest BCUT2D eigenvalue weighted by Crippen LogP contribution is -2.12. The summed E-state index contributed by atoms with van der Waals surface area (Å²) in [6, 6.07) is 8.89. The smallest absolute Gasteiger partial charge is 0.396 e. The Hall–Kier alpha value is -1.35. The Morgan fingerprint density at radius 2 is 1.86 bits per heavy atom. The molecular weight excluding hydrogens is 414 g/mol. The molecule has 2 aromatic carbocycles. The van der Waals surface area contributed by atoms with Crippen molar-refractivity contribution in [1.29, 1.82) is 0 Å². The molecule has 0 spiro atoms. The summed E-state index contributed by atoms with van der Waals surface area (Å²) in [6.07, 6.45) is 0. The summed E-state index contributed by atoms with van der Waals surface area (Å²) < 4.78 is 33.1. The highest BCUT2D eigenvalue weighted by Crippen LogP contribution is 2.31. The number of anilines is 1. The lowest BCUT2D eigenvalue weighted by Gasteiger charge is -2.08. The molecular formula is C13H7BrClNO4S2. The van der Waals surface area contributed by atoms with Crippen LogP contribution in [0.25, 0.3) is 10.3 Å². The number of hydrogen-bond donors (Lipinski definition) is 1. The van der Waals surface area contributed by atoms with Crippen molar-refractivity contribution in [3.8, 4) is 0 Å². The highest BCUT2D eigenvalue weighted by atomic mass is 79.9. The first-order chi connectivity index (χ1) is 10.3. The van der Waals surface area contributed by atoms with Crippen molar-refractivity contribution in [2.45, 2.75) is 4.90 Å². The average Bonchev–Trinajstić information content (AvgIpc) is 2.80. The molecule has 0 atom stereocenters. The fourth-order valence-electron chi connectivity index (χ4n) is 1.82. The van der Waals surface area contributed by atoms with Gasteiger partial charge in [0.05, 0.1) is 19.8 Å². The SMILES string of the molecule is O=c1oc2c(Br)cc(NS(=O)(=O)c3ccc(Cl)cc3)cc2s1. The number of sulfonamides is 1. The van der Waals surface area contributed by atoms with Gasteiger partial charge in [0, 0.05) is 5.02 Å². The lowest BCUT2D eigenvalue weighted by atomic mass is 10.3. The summed E-state index contributed by atoms with van der Waals surface area (Å²) >= 11 is 9.91. The zero-order chi connectivity index (χ0) is 15.9. The summed E-state index contributed by atoms with van der Waals surface area (Å²) in [5, 5.41) is 0.450. The van der Waals surface area contributed by atoms with Gasteiger partial charge in [0.2, 0.25) is 0 Å². The minimum absolute atomic E-state index is 0.0912. The van der Waals surface area contributed by atoms with Gasteiger partial charge in [-0.25, -0.2) is 13.2 Å². The first-order valence-electron chi connectivity index (χ1n) is 5.87. The van der Waals surface area contributed by atoms with Crippen molar-refractivity contribution in [2.24, 2.45) is 0 Å². The van der Waals surface area contributed by atoms with Gasteiger partial charge in [0.1, 0.15) is 0 Å². The zero-order valence-electron chi connectivity index (χ0n) is 10.7. The Morgan fingerprint density at radius 3 is 2.55 bits per heavy atom. The average molecular weight is 421 g/mol. The largest absolute Gasteiger partial charge is 0.413 e. The number of nitrogens with one attached hydrogen (secondary N) is 1. The number of fused-ring (bicyclic) bond motifs is 1. The summed E-state index contributed by atoms with van der Waals surface area (Å²) in [5.74, 6) is 0. The van der Waals surface area contributed by atoms with Crippen molar-refractivity contribution >= 4 is 64.9 Å². The first kappa shape index (κ1) is 15.5. The van der Waals surface area contributed by atoms with Crippen molar-refractivity contribution < 1.29 is 12.8 Å². The monoisotopic (exact) mass is 419 g/mol. The summed E-state index contributed by atoms with van der Waals surface area (Å²) in [6.45, 7) is 0. The van der Waals surface area contributed by atoms with Gasteiger partial charge in [0.25, 0.3) is 10.0 Å². The Morgan fingerprint density at radius 1 is 1.18 bits per heavy atom. The third-order valence-electron chi connectivity index (χ3n) is 2.76. The van der Waals surface area contributed by atoms with Crippen LogP contribution in [0.5, 0.6) is 0 Å². The van der Waals surface area contributed by atoms with Crippen molar-refractivity contribution in [1.82, 2.24) is 0 Å². The first-order valence-corrected chi connectivity index (χ1v) is 9.34. The molecule has 1 N–H and O–H groups in total. The summed E-state index contributed by atoms with van der Waals surface area (Å²) in [4.78, 5) is 10.9. The van der Waals surface area contributed by atoms with Crippen LogP contribution in [0.3, 0.4) is 0 Å². The van der Waals surface area contributed by atoms with Crippen LogP contribution < -0.4 is 9.66 Å². The highest BCUT2D eigenvalue weighted by Gasteiger charge is 2.16. The number of hydrogen-bond acceptors (Lipinski definition) is 5. The van der Waals surface area contributed by atoms with E-state index in [9.17, 15) is 13.2 Å². The fraction of sp³-hybridized carbons (Fsp3) is 0. The van der Waals surface area contributed by atoms with Crippen molar-refractivity contribution in [2.75, 3.05) is 4.72 Å². The molecule has 0 aliphatic rings. The Balaban J connectivity index is 2.01. The molecule has 0 fully saturated rings. The van der Waals surface area contributed by atoms with E-state index in [0.717, 1.165) is 11.3 Å². The van der Waals surface area contributed by atoms with Crippen LogP contribution in [0.15, 0.2) is 55.0 Å². The third kappa shape index (κ3) is 3.05. The molecule has 0 saturated heterocycles. The maximum atomic E-state index is 12.3. The lowest BCUT2D eigenvalue weighted by molar-refractivity contribution is 0.583. The molecule has 0 amide bonds. The molecule has 0 aliphatic carbocycles. The van der Waals surface area contributed by atoms with Gasteiger partial charge >= 0.3 is 4.94 Å². The van der Waals surface area contributed by atoms with Crippen LogP contribution in [0, 0.1) is 0 Å². The van der Waals surface area contributed by atoms with E-state index >= 15 is 0 Å². The fourth-order valence-corrected chi connectivity index (χ4v) is 4.40. The standard InChI is InChI=1S/C13H7BrClNO4S2/c14-10-5-8(6-11-12(10)20-13(17)21-11)16-22(18,19)9-3-1-7(15)2-4-9/h1-6,16H. The number of rotatable bonds is 3. The number of halogens is 2. The molecule has 1 aromatic heterocycles. The number of benzene rings is 2. The van der Waals surface area contributed by atoms with Crippen LogP contribution in [0.1, 0.15) is 0 Å². The van der Waals surface area contributed by atoms with Gasteiger partial charge in [-0.2, -0.15) is 0 Å². The zero-order valence-corrected chi connectivity index (χ0v) is 14.6. The van der Waals surface area contributed by atoms with Gasteiger partial charge in [-0.3, -0.25) is 4.72 Å². The van der Waals surface area contributed by atoms with Gasteiger partial charge in [-0.15, -0.1) is 0 Å². The molecule has 0 radical (unpaired) electrons. The van der Waals surface area contributed by atoms with Gasteiger partial charge in [-0.05, 0) is 52.3 Å². The summed E-state index contributed by atoms with van der Waals surface area (Å²) in [7, 11) is -3.74. The minimum atomic E-state index is -3.74. The van der Waals surface area contributed by atoms with E-state index in [1.165, 1.54) is 30.3 Å². The van der Waals surface area contributed by atoms with Crippen LogP contribution in [-0.4, -0.2) is 8.42 Å². The predicted octanol–water partition coefficient (Wildman–Crippen LogP) is 4.07. The van der Waals surface area contributed by atoms with Crippen LogP contribution in [-0.2, 0) is 10.0 Å². The molecule has 3 rings (SSSR count). The molecule has 1 heterocycles. The van der Waals surface area contributed by atoms with E-state index in [1.54, 1.807) is 6.07 Å². The molecule has 5 nitrogen and oxygen atoms in total. The van der Waals surface area contributed by atoms with E-state index in [4.69, 9.17) is 16.0 Å². The van der Waals surface area contributed by atoms with E-state index in [0.29, 0.717) is 25.5 Å². The van der Waals surface area contributed by atoms with Crippen molar-refractivity contribution in [3.05, 3.63) is 55.6 Å². The maximum absolute atomic E-state index is 12.3. The predicted molar refractivity (Wildman–Crippen MR) is 90.3 cm³/mol. The van der Waals surface area contributed by atoms with Crippen LogP contribution in [0.4, 0.5) is 5.69 Å². The Bertz CT molecular complexity index is 1010. The molecule has 22 heavy (non-hydrogen) atoms.